The molecule has 3 rings (SSSR count). The number of hydrogen-bond donors (Lipinski definition) is 1. The first kappa shape index (κ1) is 10.7. The Labute approximate surface area is 109 Å². The summed E-state index contributed by atoms with van der Waals surface area (Å²) >= 11 is 12.3. The maximum absolute atomic E-state index is 6.23. The van der Waals surface area contributed by atoms with Gasteiger partial charge in [-0.25, -0.2) is 0 Å². The molecule has 17 heavy (non-hydrogen) atoms. The Kier molecular flexibility index (Phi) is 2.58. The molecule has 83 valence electrons. The number of aromatic nitrogens is 1. The molecule has 0 aliphatic rings. The summed E-state index contributed by atoms with van der Waals surface area (Å²) in [7, 11) is 0. The smallest absolute Gasteiger partial charge is 0.0671 e. The molecule has 1 radical (unpaired) electrons. The molecule has 0 aliphatic heterocycles. The molecule has 2 aromatic carbocycles. The van der Waals surface area contributed by atoms with Crippen molar-refractivity contribution < 1.29 is 0 Å². The fraction of sp³-hybridized carbons (Fsp3) is 0. The van der Waals surface area contributed by atoms with E-state index in [9.17, 15) is 0 Å². The van der Waals surface area contributed by atoms with E-state index in [-0.39, 0.29) is 0 Å². The second-order valence-corrected chi connectivity index (χ2v) is 4.54. The van der Waals surface area contributed by atoms with Crippen molar-refractivity contribution in [3.63, 3.8) is 0 Å². The van der Waals surface area contributed by atoms with Crippen molar-refractivity contribution >= 4 is 34.1 Å². The van der Waals surface area contributed by atoms with Gasteiger partial charge < -0.3 is 4.98 Å². The van der Waals surface area contributed by atoms with Crippen LogP contribution < -0.4 is 0 Å². The van der Waals surface area contributed by atoms with E-state index in [1.807, 2.05) is 36.5 Å². The Bertz CT molecular complexity index is 686. The molecule has 1 heterocycles. The van der Waals surface area contributed by atoms with E-state index in [1.54, 1.807) is 6.07 Å². The van der Waals surface area contributed by atoms with Gasteiger partial charge in [0.25, 0.3) is 0 Å². The normalized spacial score (nSPS) is 10.9. The van der Waals surface area contributed by atoms with Crippen LogP contribution in [0.2, 0.25) is 10.0 Å². The minimum atomic E-state index is 0.560. The van der Waals surface area contributed by atoms with Crippen LogP contribution in [0.25, 0.3) is 22.0 Å². The van der Waals surface area contributed by atoms with Crippen molar-refractivity contribution in [2.75, 3.05) is 0 Å². The number of nitrogens with one attached hydrogen (secondary N) is 1. The lowest BCUT2D eigenvalue weighted by atomic mass is 10.0. The number of benzene rings is 2. The van der Waals surface area contributed by atoms with Gasteiger partial charge in [-0.3, -0.25) is 0 Å². The molecule has 0 amide bonds. The average Bonchev–Trinajstić information content (AvgIpc) is 2.81. The van der Waals surface area contributed by atoms with E-state index in [2.05, 4.69) is 11.1 Å². The largest absolute Gasteiger partial charge is 0.361 e. The number of H-pyrrole nitrogens is 1. The molecule has 1 aromatic heterocycles. The van der Waals surface area contributed by atoms with Gasteiger partial charge in [-0.2, -0.15) is 0 Å². The number of halogens is 2. The third kappa shape index (κ3) is 1.72. The van der Waals surface area contributed by atoms with E-state index >= 15 is 0 Å². The van der Waals surface area contributed by atoms with E-state index in [1.165, 1.54) is 0 Å². The highest BCUT2D eigenvalue weighted by atomic mass is 35.5. The number of aromatic amines is 1. The fourth-order valence-corrected chi connectivity index (χ4v) is 2.34. The number of fused-ring (bicyclic) bond motifs is 1. The van der Waals surface area contributed by atoms with Gasteiger partial charge in [-0.1, -0.05) is 41.4 Å². The molecule has 0 unspecified atom stereocenters. The van der Waals surface area contributed by atoms with Gasteiger partial charge in [-0.15, -0.1) is 0 Å². The predicted molar refractivity (Wildman–Crippen MR) is 72.6 cm³/mol. The molecule has 0 spiro atoms. The van der Waals surface area contributed by atoms with Crippen LogP contribution in [-0.2, 0) is 0 Å². The van der Waals surface area contributed by atoms with E-state index < -0.39 is 0 Å². The SMILES string of the molecule is Clc1cccc(-c2[c]ccc3[nH]ccc23)c1Cl. The molecule has 0 saturated heterocycles. The molecule has 1 nitrogen and oxygen atoms in total. The zero-order chi connectivity index (χ0) is 11.8. The van der Waals surface area contributed by atoms with Crippen molar-refractivity contribution in [1.82, 2.24) is 4.98 Å². The number of rotatable bonds is 1. The molecule has 0 fully saturated rings. The highest BCUT2D eigenvalue weighted by Crippen LogP contribution is 2.36. The monoisotopic (exact) mass is 260 g/mol. The van der Waals surface area contributed by atoms with Gasteiger partial charge in [0, 0.05) is 28.2 Å². The Morgan fingerprint density at radius 2 is 1.94 bits per heavy atom. The van der Waals surface area contributed by atoms with Crippen molar-refractivity contribution in [3.05, 3.63) is 58.7 Å². The highest BCUT2D eigenvalue weighted by Gasteiger charge is 2.10. The number of hydrogen-bond acceptors (Lipinski definition) is 0. The Balaban J connectivity index is 2.34. The zero-order valence-electron chi connectivity index (χ0n) is 8.80. The van der Waals surface area contributed by atoms with Crippen LogP contribution in [-0.4, -0.2) is 4.98 Å². The molecule has 0 atom stereocenters. The minimum absolute atomic E-state index is 0.560. The molecule has 3 heteroatoms. The Hall–Kier alpha value is -1.44. The standard InChI is InChI=1S/C14H8Cl2N/c15-12-5-1-4-11(14(12)16)9-3-2-6-13-10(9)7-8-17-13/h1-2,4-8,17H. The second-order valence-electron chi connectivity index (χ2n) is 3.76. The molecule has 0 saturated carbocycles. The van der Waals surface area contributed by atoms with Gasteiger partial charge in [-0.05, 0) is 24.3 Å². The van der Waals surface area contributed by atoms with E-state index in [4.69, 9.17) is 23.2 Å². The molecule has 3 aromatic rings. The predicted octanol–water partition coefficient (Wildman–Crippen LogP) is 4.94. The third-order valence-electron chi connectivity index (χ3n) is 2.75. The Morgan fingerprint density at radius 3 is 2.82 bits per heavy atom. The maximum atomic E-state index is 6.23. The summed E-state index contributed by atoms with van der Waals surface area (Å²) in [5.74, 6) is 0. The molecular formula is C14H8Cl2N. The Morgan fingerprint density at radius 1 is 1.06 bits per heavy atom. The zero-order valence-corrected chi connectivity index (χ0v) is 10.3. The molecular weight excluding hydrogens is 253 g/mol. The highest BCUT2D eigenvalue weighted by molar-refractivity contribution is 6.43. The van der Waals surface area contributed by atoms with Gasteiger partial charge in [0.2, 0.25) is 0 Å². The quantitative estimate of drug-likeness (QED) is 0.638. The van der Waals surface area contributed by atoms with Crippen molar-refractivity contribution in [1.29, 1.82) is 0 Å². The first-order valence-electron chi connectivity index (χ1n) is 5.19. The third-order valence-corrected chi connectivity index (χ3v) is 3.57. The summed E-state index contributed by atoms with van der Waals surface area (Å²) in [4.78, 5) is 3.17. The first-order chi connectivity index (χ1) is 8.27. The molecule has 0 bridgehead atoms. The maximum Gasteiger partial charge on any atom is 0.0671 e. The minimum Gasteiger partial charge on any atom is -0.361 e. The van der Waals surface area contributed by atoms with Crippen molar-refractivity contribution in [2.45, 2.75) is 0 Å². The summed E-state index contributed by atoms with van der Waals surface area (Å²) in [5.41, 5.74) is 2.94. The van der Waals surface area contributed by atoms with Crippen LogP contribution >= 0.6 is 23.2 Å². The fourth-order valence-electron chi connectivity index (χ4n) is 1.94. The van der Waals surface area contributed by atoms with Crippen LogP contribution in [0.3, 0.4) is 0 Å². The lowest BCUT2D eigenvalue weighted by Gasteiger charge is -2.06. The van der Waals surface area contributed by atoms with Crippen molar-refractivity contribution in [3.8, 4) is 11.1 Å². The summed E-state index contributed by atoms with van der Waals surface area (Å²) in [6.07, 6.45) is 1.90. The summed E-state index contributed by atoms with van der Waals surface area (Å²) in [6, 6.07) is 14.7. The van der Waals surface area contributed by atoms with Crippen LogP contribution in [0.4, 0.5) is 0 Å². The summed E-state index contributed by atoms with van der Waals surface area (Å²) in [5, 5.41) is 2.22. The first-order valence-corrected chi connectivity index (χ1v) is 5.95. The van der Waals surface area contributed by atoms with Gasteiger partial charge in [0.15, 0.2) is 0 Å². The average molecular weight is 261 g/mol. The van der Waals surface area contributed by atoms with E-state index in [0.717, 1.165) is 22.0 Å². The second kappa shape index (κ2) is 4.10. The van der Waals surface area contributed by atoms with Gasteiger partial charge in [0.05, 0.1) is 10.0 Å². The summed E-state index contributed by atoms with van der Waals surface area (Å²) < 4.78 is 0. The van der Waals surface area contributed by atoms with Crippen molar-refractivity contribution in [2.24, 2.45) is 0 Å². The van der Waals surface area contributed by atoms with Gasteiger partial charge in [0.1, 0.15) is 0 Å². The van der Waals surface area contributed by atoms with Gasteiger partial charge >= 0.3 is 0 Å². The van der Waals surface area contributed by atoms with Crippen LogP contribution in [0.15, 0.2) is 42.6 Å². The van der Waals surface area contributed by atoms with Crippen LogP contribution in [0, 0.1) is 6.07 Å². The summed E-state index contributed by atoms with van der Waals surface area (Å²) in [6.45, 7) is 0. The molecule has 0 aliphatic carbocycles. The molecule has 1 N–H and O–H groups in total. The van der Waals surface area contributed by atoms with E-state index in [0.29, 0.717) is 10.0 Å². The van der Waals surface area contributed by atoms with Crippen LogP contribution in [0.1, 0.15) is 0 Å². The van der Waals surface area contributed by atoms with Crippen LogP contribution in [0.5, 0.6) is 0 Å². The lowest BCUT2D eigenvalue weighted by Crippen LogP contribution is -1.82. The topological polar surface area (TPSA) is 15.8 Å². The lowest BCUT2D eigenvalue weighted by molar-refractivity contribution is 1.48.